The third-order valence-corrected chi connectivity index (χ3v) is 3.56. The first kappa shape index (κ1) is 14.8. The number of amides is 1. The van der Waals surface area contributed by atoms with Crippen LogP contribution in [-0.4, -0.2) is 18.0 Å². The Morgan fingerprint density at radius 1 is 1.35 bits per heavy atom. The predicted molar refractivity (Wildman–Crippen MR) is 89.4 cm³/mol. The number of nitrogens with zero attached hydrogens (tertiary/aromatic N) is 1. The Hall–Kier alpha value is -3.08. The third kappa shape index (κ3) is 3.08. The Kier molecular flexibility index (Phi) is 4.10. The zero-order valence-corrected chi connectivity index (χ0v) is 12.7. The summed E-state index contributed by atoms with van der Waals surface area (Å²) in [4.78, 5) is 16.2. The van der Waals surface area contributed by atoms with Gasteiger partial charge in [0, 0.05) is 17.5 Å². The lowest BCUT2D eigenvalue weighted by molar-refractivity contribution is 0.100. The Bertz CT molecular complexity index is 862. The van der Waals surface area contributed by atoms with Crippen LogP contribution in [0.25, 0.3) is 10.9 Å². The van der Waals surface area contributed by atoms with Crippen molar-refractivity contribution in [3.63, 3.8) is 0 Å². The molecular formula is C18H16N3O2. The van der Waals surface area contributed by atoms with Crippen molar-refractivity contribution >= 4 is 22.6 Å². The molecule has 0 bridgehead atoms. The maximum absolute atomic E-state index is 11.7. The lowest BCUT2D eigenvalue weighted by Gasteiger charge is -2.12. The second-order valence-corrected chi connectivity index (χ2v) is 5.03. The van der Waals surface area contributed by atoms with E-state index in [1.54, 1.807) is 25.3 Å². The summed E-state index contributed by atoms with van der Waals surface area (Å²) in [6.07, 6.45) is 0. The Balaban J connectivity index is 1.95. The maximum atomic E-state index is 11.7. The van der Waals surface area contributed by atoms with Gasteiger partial charge < -0.3 is 15.8 Å². The summed E-state index contributed by atoms with van der Waals surface area (Å²) in [5.74, 6) is 0.712. The van der Waals surface area contributed by atoms with Crippen LogP contribution in [0.2, 0.25) is 0 Å². The second-order valence-electron chi connectivity index (χ2n) is 5.03. The number of pyridine rings is 1. The molecule has 3 aromatic rings. The summed E-state index contributed by atoms with van der Waals surface area (Å²) in [6, 6.07) is 17.8. The maximum Gasteiger partial charge on any atom is 0.252 e. The molecule has 0 fully saturated rings. The van der Waals surface area contributed by atoms with E-state index in [1.807, 2.05) is 30.3 Å². The van der Waals surface area contributed by atoms with E-state index >= 15 is 0 Å². The molecule has 1 aromatic heterocycles. The molecule has 115 valence electrons. The average Bonchev–Trinajstić information content (AvgIpc) is 2.59. The van der Waals surface area contributed by atoms with Gasteiger partial charge in [-0.1, -0.05) is 24.3 Å². The number of carbonyl (C=O) groups excluding carboxylic acids is 1. The monoisotopic (exact) mass is 306 g/mol. The molecule has 2 aromatic carbocycles. The lowest BCUT2D eigenvalue weighted by atomic mass is 10.1. The minimum Gasteiger partial charge on any atom is -0.496 e. The van der Waals surface area contributed by atoms with E-state index in [9.17, 15) is 4.79 Å². The average molecular weight is 306 g/mol. The van der Waals surface area contributed by atoms with E-state index in [-0.39, 0.29) is 0 Å². The Morgan fingerprint density at radius 3 is 2.96 bits per heavy atom. The third-order valence-electron chi connectivity index (χ3n) is 3.56. The molecule has 1 amide bonds. The van der Waals surface area contributed by atoms with Gasteiger partial charge in [0.1, 0.15) is 11.6 Å². The number of para-hydroxylation sites is 1. The molecule has 0 saturated carbocycles. The molecule has 5 heteroatoms. The van der Waals surface area contributed by atoms with Crippen LogP contribution in [0.4, 0.5) is 5.82 Å². The fraction of sp³-hybridized carbons (Fsp3) is 0.111. The van der Waals surface area contributed by atoms with Crippen LogP contribution in [0.1, 0.15) is 15.9 Å². The van der Waals surface area contributed by atoms with Crippen molar-refractivity contribution in [1.29, 1.82) is 0 Å². The van der Waals surface area contributed by atoms with E-state index in [1.165, 1.54) is 0 Å². The van der Waals surface area contributed by atoms with Crippen molar-refractivity contribution in [1.82, 2.24) is 4.98 Å². The number of anilines is 1. The lowest BCUT2D eigenvalue weighted by Crippen LogP contribution is -2.16. The quantitative estimate of drug-likeness (QED) is 0.760. The normalized spacial score (nSPS) is 10.5. The minimum atomic E-state index is -0.522. The molecule has 5 nitrogen and oxygen atoms in total. The van der Waals surface area contributed by atoms with E-state index in [2.05, 4.69) is 16.4 Å². The number of primary amides is 1. The van der Waals surface area contributed by atoms with Crippen LogP contribution in [0.15, 0.2) is 48.5 Å². The summed E-state index contributed by atoms with van der Waals surface area (Å²) >= 11 is 0. The molecule has 0 atom stereocenters. The van der Waals surface area contributed by atoms with Gasteiger partial charge in [0.2, 0.25) is 0 Å². The number of hydrogen-bond acceptors (Lipinski definition) is 4. The molecule has 0 spiro atoms. The largest absolute Gasteiger partial charge is 0.496 e. The zero-order chi connectivity index (χ0) is 16.2. The number of nitrogens with two attached hydrogens (primary N) is 1. The molecule has 3 N–H and O–H groups in total. The first-order chi connectivity index (χ1) is 11.2. The number of rotatable bonds is 5. The van der Waals surface area contributed by atoms with Gasteiger partial charge in [0.05, 0.1) is 18.2 Å². The molecule has 23 heavy (non-hydrogen) atoms. The highest BCUT2D eigenvalue weighted by molar-refractivity contribution is 6.01. The van der Waals surface area contributed by atoms with Crippen molar-refractivity contribution < 1.29 is 9.53 Å². The fourth-order valence-electron chi connectivity index (χ4n) is 2.41. The van der Waals surface area contributed by atoms with Crippen molar-refractivity contribution in [3.05, 3.63) is 65.7 Å². The van der Waals surface area contributed by atoms with Gasteiger partial charge in [-0.05, 0) is 30.3 Å². The van der Waals surface area contributed by atoms with Crippen LogP contribution < -0.4 is 15.8 Å². The number of ether oxygens (including phenoxy) is 1. The molecule has 0 unspecified atom stereocenters. The summed E-state index contributed by atoms with van der Waals surface area (Å²) in [7, 11) is 1.62. The van der Waals surface area contributed by atoms with Gasteiger partial charge >= 0.3 is 0 Å². The highest BCUT2D eigenvalue weighted by Crippen LogP contribution is 2.22. The van der Waals surface area contributed by atoms with Gasteiger partial charge in [-0.3, -0.25) is 4.79 Å². The van der Waals surface area contributed by atoms with Gasteiger partial charge in [0.15, 0.2) is 0 Å². The number of nitrogens with one attached hydrogen (secondary N) is 1. The van der Waals surface area contributed by atoms with Gasteiger partial charge in [-0.15, -0.1) is 0 Å². The predicted octanol–water partition coefficient (Wildman–Crippen LogP) is 2.75. The number of methoxy groups -OCH3 is 1. The minimum absolute atomic E-state index is 0.354. The topological polar surface area (TPSA) is 77.2 Å². The molecule has 0 aliphatic rings. The molecule has 3 rings (SSSR count). The van der Waals surface area contributed by atoms with Gasteiger partial charge in [-0.2, -0.15) is 0 Å². The number of benzene rings is 2. The van der Waals surface area contributed by atoms with E-state index in [0.717, 1.165) is 22.2 Å². The van der Waals surface area contributed by atoms with E-state index in [0.29, 0.717) is 17.9 Å². The van der Waals surface area contributed by atoms with Crippen LogP contribution in [0, 0.1) is 6.07 Å². The van der Waals surface area contributed by atoms with Gasteiger partial charge in [0.25, 0.3) is 5.91 Å². The first-order valence-electron chi connectivity index (χ1n) is 7.15. The Morgan fingerprint density at radius 2 is 2.17 bits per heavy atom. The summed E-state index contributed by atoms with van der Waals surface area (Å²) in [6.45, 7) is 0.474. The highest BCUT2D eigenvalue weighted by Gasteiger charge is 2.12. The van der Waals surface area contributed by atoms with Crippen molar-refractivity contribution in [2.24, 2.45) is 5.73 Å². The summed E-state index contributed by atoms with van der Waals surface area (Å²) in [5, 5.41) is 4.00. The van der Waals surface area contributed by atoms with Crippen LogP contribution in [0.5, 0.6) is 5.75 Å². The van der Waals surface area contributed by atoms with E-state index in [4.69, 9.17) is 10.5 Å². The van der Waals surface area contributed by atoms with Crippen LogP contribution in [0.3, 0.4) is 0 Å². The first-order valence-corrected chi connectivity index (χ1v) is 7.15. The van der Waals surface area contributed by atoms with Crippen LogP contribution in [-0.2, 0) is 6.54 Å². The zero-order valence-electron chi connectivity index (χ0n) is 12.7. The molecule has 1 heterocycles. The SMILES string of the molecule is COc1ccccc1CNc1nc2cc[c]cc2cc1C(N)=O. The second kappa shape index (κ2) is 6.36. The van der Waals surface area contributed by atoms with E-state index < -0.39 is 5.91 Å². The highest BCUT2D eigenvalue weighted by atomic mass is 16.5. The molecular weight excluding hydrogens is 290 g/mol. The number of aromatic nitrogens is 1. The number of carbonyl (C=O) groups is 1. The molecule has 0 aliphatic heterocycles. The number of fused-ring (bicyclic) bond motifs is 1. The fourth-order valence-corrected chi connectivity index (χ4v) is 2.41. The molecule has 0 saturated heterocycles. The van der Waals surface area contributed by atoms with Gasteiger partial charge in [-0.25, -0.2) is 4.98 Å². The molecule has 1 radical (unpaired) electrons. The summed E-state index contributed by atoms with van der Waals surface area (Å²) < 4.78 is 5.33. The standard InChI is InChI=1S/C18H16N3O2/c1-23-16-9-5-3-7-13(16)11-20-18-14(17(19)22)10-12-6-2-4-8-15(12)21-18/h3-10H,11H2,1H3,(H2,19,22)(H,20,21). The summed E-state index contributed by atoms with van der Waals surface area (Å²) in [5.41, 5.74) is 7.57. The molecule has 0 aliphatic carbocycles. The van der Waals surface area contributed by atoms with Crippen molar-refractivity contribution in [2.45, 2.75) is 6.54 Å². The smallest absolute Gasteiger partial charge is 0.252 e. The van der Waals surface area contributed by atoms with Crippen molar-refractivity contribution in [3.8, 4) is 5.75 Å². The number of hydrogen-bond donors (Lipinski definition) is 2. The van der Waals surface area contributed by atoms with Crippen molar-refractivity contribution in [2.75, 3.05) is 12.4 Å². The Labute approximate surface area is 134 Å². The van der Waals surface area contributed by atoms with Crippen LogP contribution >= 0.6 is 0 Å².